The van der Waals surface area contributed by atoms with Crippen molar-refractivity contribution in [3.8, 4) is 5.75 Å². The van der Waals surface area contributed by atoms with Crippen molar-refractivity contribution < 1.29 is 4.74 Å². The number of hydrogen-bond donors (Lipinski definition) is 1. The predicted octanol–water partition coefficient (Wildman–Crippen LogP) is 2.93. The normalized spacial score (nSPS) is 12.5. The summed E-state index contributed by atoms with van der Waals surface area (Å²) in [4.78, 5) is 0. The minimum absolute atomic E-state index is 0.452. The Hall–Kier alpha value is -0.380. The van der Waals surface area contributed by atoms with E-state index in [1.807, 2.05) is 18.2 Å². The molecule has 2 N–H and O–H groups in total. The Labute approximate surface area is 100 Å². The summed E-state index contributed by atoms with van der Waals surface area (Å²) in [6, 6.07) is 5.67. The highest BCUT2D eigenvalue weighted by atomic mass is 35.5. The van der Waals surface area contributed by atoms with Gasteiger partial charge in [0.2, 0.25) is 0 Å². The zero-order valence-electron chi connectivity index (χ0n) is 9.00. The fourth-order valence-electron chi connectivity index (χ4n) is 1.16. The van der Waals surface area contributed by atoms with Gasteiger partial charge in [-0.15, -0.1) is 0 Å². The molecule has 15 heavy (non-hydrogen) atoms. The van der Waals surface area contributed by atoms with Crippen LogP contribution >= 0.6 is 23.4 Å². The van der Waals surface area contributed by atoms with Crippen LogP contribution in [0.3, 0.4) is 0 Å². The molecule has 0 radical (unpaired) electrons. The van der Waals surface area contributed by atoms with Crippen LogP contribution in [0.15, 0.2) is 18.2 Å². The Kier molecular flexibility index (Phi) is 5.29. The molecule has 0 aliphatic heterocycles. The summed E-state index contributed by atoms with van der Waals surface area (Å²) in [5.41, 5.74) is 6.68. The first kappa shape index (κ1) is 12.7. The molecule has 1 aromatic carbocycles. The molecule has 0 saturated heterocycles. The number of halogens is 1. The average molecular weight is 246 g/mol. The highest BCUT2D eigenvalue weighted by Crippen LogP contribution is 2.27. The van der Waals surface area contributed by atoms with Gasteiger partial charge in [-0.1, -0.05) is 18.5 Å². The first-order chi connectivity index (χ1) is 7.17. The van der Waals surface area contributed by atoms with E-state index in [2.05, 4.69) is 6.92 Å². The molecule has 0 aliphatic carbocycles. The molecule has 1 unspecified atom stereocenters. The van der Waals surface area contributed by atoms with Gasteiger partial charge in [-0.3, -0.25) is 0 Å². The van der Waals surface area contributed by atoms with Crippen LogP contribution < -0.4 is 10.5 Å². The molecule has 0 saturated carbocycles. The van der Waals surface area contributed by atoms with E-state index in [0.717, 1.165) is 22.1 Å². The lowest BCUT2D eigenvalue weighted by molar-refractivity contribution is 0.411. The highest BCUT2D eigenvalue weighted by Gasteiger charge is 2.06. The second-order valence-corrected chi connectivity index (χ2v) is 5.18. The molecule has 0 heterocycles. The van der Waals surface area contributed by atoms with Crippen LogP contribution in [0.1, 0.15) is 12.5 Å². The van der Waals surface area contributed by atoms with Crippen molar-refractivity contribution in [1.29, 1.82) is 0 Å². The van der Waals surface area contributed by atoms with Crippen molar-refractivity contribution in [3.63, 3.8) is 0 Å². The largest absolute Gasteiger partial charge is 0.496 e. The average Bonchev–Trinajstić information content (AvgIpc) is 2.26. The van der Waals surface area contributed by atoms with Gasteiger partial charge in [0, 0.05) is 28.1 Å². The molecule has 84 valence electrons. The maximum absolute atomic E-state index is 5.93. The monoisotopic (exact) mass is 245 g/mol. The summed E-state index contributed by atoms with van der Waals surface area (Å²) < 4.78 is 5.26. The Morgan fingerprint density at radius 2 is 2.27 bits per heavy atom. The maximum Gasteiger partial charge on any atom is 0.122 e. The van der Waals surface area contributed by atoms with Gasteiger partial charge >= 0.3 is 0 Å². The number of ether oxygens (including phenoxy) is 1. The number of rotatable bonds is 5. The number of hydrogen-bond acceptors (Lipinski definition) is 3. The number of nitrogens with two attached hydrogens (primary N) is 1. The molecular formula is C11H16ClNOS. The first-order valence-corrected chi connectivity index (χ1v) is 6.24. The standard InChI is InChI=1S/C11H16ClNOS/c1-8(6-13)15-7-9-5-10(12)3-4-11(9)14-2/h3-5,8H,6-7,13H2,1-2H3. The van der Waals surface area contributed by atoms with E-state index in [1.165, 1.54) is 0 Å². The Morgan fingerprint density at radius 3 is 2.87 bits per heavy atom. The van der Waals surface area contributed by atoms with E-state index >= 15 is 0 Å². The summed E-state index contributed by atoms with van der Waals surface area (Å²) in [5.74, 6) is 1.76. The van der Waals surface area contributed by atoms with Gasteiger partial charge in [-0.25, -0.2) is 0 Å². The van der Waals surface area contributed by atoms with Crippen LogP contribution in [0.5, 0.6) is 5.75 Å². The molecule has 0 fully saturated rings. The minimum atomic E-state index is 0.452. The molecule has 0 bridgehead atoms. The van der Waals surface area contributed by atoms with Crippen LogP contribution in [-0.4, -0.2) is 18.9 Å². The Bertz CT molecular complexity index is 319. The predicted molar refractivity (Wildman–Crippen MR) is 67.8 cm³/mol. The second-order valence-electron chi connectivity index (χ2n) is 3.31. The topological polar surface area (TPSA) is 35.2 Å². The molecule has 0 aliphatic rings. The fraction of sp³-hybridized carbons (Fsp3) is 0.455. The molecule has 1 aromatic rings. The van der Waals surface area contributed by atoms with Crippen LogP contribution in [0.2, 0.25) is 5.02 Å². The summed E-state index contributed by atoms with van der Waals surface area (Å²) in [6.45, 7) is 2.80. The molecule has 2 nitrogen and oxygen atoms in total. The van der Waals surface area contributed by atoms with Gasteiger partial charge in [0.25, 0.3) is 0 Å². The molecule has 0 amide bonds. The van der Waals surface area contributed by atoms with Crippen LogP contribution in [0.25, 0.3) is 0 Å². The molecule has 1 atom stereocenters. The van der Waals surface area contributed by atoms with E-state index in [1.54, 1.807) is 18.9 Å². The van der Waals surface area contributed by atoms with E-state index in [-0.39, 0.29) is 0 Å². The summed E-state index contributed by atoms with van der Waals surface area (Å²) in [7, 11) is 1.67. The van der Waals surface area contributed by atoms with Crippen molar-refractivity contribution in [2.45, 2.75) is 17.9 Å². The quantitative estimate of drug-likeness (QED) is 0.867. The van der Waals surface area contributed by atoms with E-state index in [4.69, 9.17) is 22.1 Å². The van der Waals surface area contributed by atoms with Crippen molar-refractivity contribution >= 4 is 23.4 Å². The van der Waals surface area contributed by atoms with E-state index in [0.29, 0.717) is 11.8 Å². The van der Waals surface area contributed by atoms with Gasteiger partial charge in [-0.05, 0) is 18.2 Å². The lowest BCUT2D eigenvalue weighted by Gasteiger charge is -2.11. The van der Waals surface area contributed by atoms with Crippen molar-refractivity contribution in [2.75, 3.05) is 13.7 Å². The lowest BCUT2D eigenvalue weighted by Crippen LogP contribution is -2.12. The molecule has 0 aromatic heterocycles. The van der Waals surface area contributed by atoms with Gasteiger partial charge in [0.05, 0.1) is 7.11 Å². The molecular weight excluding hydrogens is 230 g/mol. The van der Waals surface area contributed by atoms with Crippen molar-refractivity contribution in [1.82, 2.24) is 0 Å². The van der Waals surface area contributed by atoms with Gasteiger partial charge < -0.3 is 10.5 Å². The van der Waals surface area contributed by atoms with Gasteiger partial charge in [-0.2, -0.15) is 11.8 Å². The van der Waals surface area contributed by atoms with Gasteiger partial charge in [0.1, 0.15) is 5.75 Å². The highest BCUT2D eigenvalue weighted by molar-refractivity contribution is 7.99. The Morgan fingerprint density at radius 1 is 1.53 bits per heavy atom. The third kappa shape index (κ3) is 3.93. The maximum atomic E-state index is 5.93. The third-order valence-corrected chi connectivity index (χ3v) is 3.57. The number of thioether (sulfide) groups is 1. The van der Waals surface area contributed by atoms with Crippen LogP contribution in [0, 0.1) is 0 Å². The number of benzene rings is 1. The van der Waals surface area contributed by atoms with Crippen molar-refractivity contribution in [3.05, 3.63) is 28.8 Å². The second kappa shape index (κ2) is 6.26. The summed E-state index contributed by atoms with van der Waals surface area (Å²) in [5, 5.41) is 1.19. The summed E-state index contributed by atoms with van der Waals surface area (Å²) in [6.07, 6.45) is 0. The fourth-order valence-corrected chi connectivity index (χ4v) is 2.18. The smallest absolute Gasteiger partial charge is 0.122 e. The third-order valence-electron chi connectivity index (χ3n) is 2.10. The molecule has 1 rings (SSSR count). The first-order valence-electron chi connectivity index (χ1n) is 4.81. The number of methoxy groups -OCH3 is 1. The van der Waals surface area contributed by atoms with Crippen LogP contribution in [-0.2, 0) is 5.75 Å². The minimum Gasteiger partial charge on any atom is -0.496 e. The zero-order chi connectivity index (χ0) is 11.3. The summed E-state index contributed by atoms with van der Waals surface area (Å²) >= 11 is 7.74. The van der Waals surface area contributed by atoms with Gasteiger partial charge in [0.15, 0.2) is 0 Å². The van der Waals surface area contributed by atoms with Crippen LogP contribution in [0.4, 0.5) is 0 Å². The van der Waals surface area contributed by atoms with E-state index in [9.17, 15) is 0 Å². The zero-order valence-corrected chi connectivity index (χ0v) is 10.6. The van der Waals surface area contributed by atoms with Crippen molar-refractivity contribution in [2.24, 2.45) is 5.73 Å². The molecule has 4 heteroatoms. The molecule has 0 spiro atoms. The Balaban J connectivity index is 2.69. The van der Waals surface area contributed by atoms with E-state index < -0.39 is 0 Å². The lowest BCUT2D eigenvalue weighted by atomic mass is 10.2. The SMILES string of the molecule is COc1ccc(Cl)cc1CSC(C)CN.